The summed E-state index contributed by atoms with van der Waals surface area (Å²) in [7, 11) is 1.62. The molecule has 0 unspecified atom stereocenters. The van der Waals surface area contributed by atoms with Gasteiger partial charge in [-0.3, -0.25) is 4.79 Å². The van der Waals surface area contributed by atoms with Gasteiger partial charge in [-0.1, -0.05) is 6.07 Å². The number of aromatic nitrogens is 1. The van der Waals surface area contributed by atoms with Crippen LogP contribution in [0.1, 0.15) is 29.6 Å². The Morgan fingerprint density at radius 2 is 2.19 bits per heavy atom. The zero-order chi connectivity index (χ0) is 18.6. The van der Waals surface area contributed by atoms with E-state index in [4.69, 9.17) is 13.9 Å². The van der Waals surface area contributed by atoms with E-state index in [0.717, 1.165) is 37.2 Å². The Bertz CT molecular complexity index is 944. The maximum Gasteiger partial charge on any atom is 0.251 e. The van der Waals surface area contributed by atoms with Crippen LogP contribution in [0.5, 0.6) is 5.75 Å². The number of rotatable bonds is 5. The van der Waals surface area contributed by atoms with Crippen LogP contribution in [0.2, 0.25) is 0 Å². The second kappa shape index (κ2) is 7.80. The lowest BCUT2D eigenvalue weighted by Crippen LogP contribution is -2.35. The van der Waals surface area contributed by atoms with Crippen LogP contribution in [0.3, 0.4) is 0 Å². The molecule has 27 heavy (non-hydrogen) atoms. The van der Waals surface area contributed by atoms with E-state index in [1.54, 1.807) is 25.3 Å². The largest absolute Gasteiger partial charge is 0.497 e. The van der Waals surface area contributed by atoms with Crippen LogP contribution >= 0.6 is 0 Å². The van der Waals surface area contributed by atoms with Gasteiger partial charge in [-0.2, -0.15) is 0 Å². The van der Waals surface area contributed by atoms with Crippen LogP contribution in [-0.2, 0) is 4.74 Å². The normalized spacial score (nSPS) is 17.0. The highest BCUT2D eigenvalue weighted by Crippen LogP contribution is 2.27. The molecule has 4 rings (SSSR count). The highest BCUT2D eigenvalue weighted by molar-refractivity contribution is 5.97. The molecule has 1 atom stereocenters. The monoisotopic (exact) mass is 366 g/mol. The molecular formula is C21H22N2O4. The molecule has 0 saturated carbocycles. The zero-order valence-electron chi connectivity index (χ0n) is 15.2. The summed E-state index contributed by atoms with van der Waals surface area (Å²) < 4.78 is 16.8. The highest BCUT2D eigenvalue weighted by Gasteiger charge is 2.16. The number of carbonyl (C=O) groups is 1. The summed E-state index contributed by atoms with van der Waals surface area (Å²) in [5.74, 6) is 1.10. The molecule has 1 N–H and O–H groups in total. The lowest BCUT2D eigenvalue weighted by atomic mass is 10.1. The molecule has 0 aliphatic carbocycles. The number of carbonyl (C=O) groups excluding carboxylic acids is 1. The minimum Gasteiger partial charge on any atom is -0.497 e. The second-order valence-electron chi connectivity index (χ2n) is 6.63. The number of nitrogens with one attached hydrogen (secondary N) is 1. The van der Waals surface area contributed by atoms with Crippen molar-refractivity contribution in [3.63, 3.8) is 0 Å². The third kappa shape index (κ3) is 3.95. The summed E-state index contributed by atoms with van der Waals surface area (Å²) >= 11 is 0. The first kappa shape index (κ1) is 17.5. The van der Waals surface area contributed by atoms with E-state index in [2.05, 4.69) is 10.3 Å². The minimum absolute atomic E-state index is 0.108. The smallest absolute Gasteiger partial charge is 0.251 e. The van der Waals surface area contributed by atoms with Crippen molar-refractivity contribution in [3.05, 3.63) is 48.0 Å². The zero-order valence-corrected chi connectivity index (χ0v) is 15.2. The molecule has 140 valence electrons. The Kier molecular flexibility index (Phi) is 5.07. The van der Waals surface area contributed by atoms with Gasteiger partial charge < -0.3 is 19.2 Å². The summed E-state index contributed by atoms with van der Waals surface area (Å²) in [6.07, 6.45) is 3.35. The fraction of sp³-hybridized carbons (Fsp3) is 0.333. The molecule has 1 aliphatic rings. The van der Waals surface area contributed by atoms with Gasteiger partial charge in [-0.25, -0.2) is 4.98 Å². The number of amides is 1. The van der Waals surface area contributed by atoms with Crippen LogP contribution in [0, 0.1) is 0 Å². The van der Waals surface area contributed by atoms with Gasteiger partial charge in [0.25, 0.3) is 5.91 Å². The first-order valence-electron chi connectivity index (χ1n) is 9.18. The molecule has 2 aromatic carbocycles. The van der Waals surface area contributed by atoms with Gasteiger partial charge in [0.2, 0.25) is 5.89 Å². The number of methoxy groups -OCH3 is 1. The Labute approximate surface area is 157 Å². The van der Waals surface area contributed by atoms with Crippen molar-refractivity contribution in [3.8, 4) is 17.2 Å². The molecule has 1 saturated heterocycles. The topological polar surface area (TPSA) is 73.6 Å². The van der Waals surface area contributed by atoms with E-state index in [1.165, 1.54) is 0 Å². The number of nitrogens with zero attached hydrogens (tertiary/aromatic N) is 1. The lowest BCUT2D eigenvalue weighted by molar-refractivity contribution is 0.0169. The summed E-state index contributed by atoms with van der Waals surface area (Å²) in [4.78, 5) is 17.0. The maximum absolute atomic E-state index is 12.4. The predicted octanol–water partition coefficient (Wildman–Crippen LogP) is 3.80. The Hall–Kier alpha value is -2.86. The molecule has 3 aromatic rings. The highest BCUT2D eigenvalue weighted by atomic mass is 16.5. The molecular weight excluding hydrogens is 344 g/mol. The standard InChI is InChI=1S/C21H22N2O4/c1-25-16-7-4-5-15(11-16)21-23-18-9-8-14(12-19(18)27-21)20(24)22-13-17-6-2-3-10-26-17/h4-5,7-9,11-12,17H,2-3,6,10,13H2,1H3,(H,22,24)/t17-/m0/s1. The fourth-order valence-electron chi connectivity index (χ4n) is 3.22. The molecule has 0 spiro atoms. The van der Waals surface area contributed by atoms with E-state index in [1.807, 2.05) is 24.3 Å². The van der Waals surface area contributed by atoms with Crippen molar-refractivity contribution >= 4 is 17.0 Å². The Morgan fingerprint density at radius 3 is 3.00 bits per heavy atom. The summed E-state index contributed by atoms with van der Waals surface area (Å²) in [5, 5.41) is 2.94. The number of hydrogen-bond donors (Lipinski definition) is 1. The average Bonchev–Trinajstić information content (AvgIpc) is 3.16. The van der Waals surface area contributed by atoms with Crippen LogP contribution < -0.4 is 10.1 Å². The summed E-state index contributed by atoms with van der Waals surface area (Å²) in [5.41, 5.74) is 2.66. The Morgan fingerprint density at radius 1 is 1.26 bits per heavy atom. The number of fused-ring (bicyclic) bond motifs is 1. The van der Waals surface area contributed by atoms with E-state index in [0.29, 0.717) is 29.1 Å². The van der Waals surface area contributed by atoms with Crippen molar-refractivity contribution in [2.75, 3.05) is 20.3 Å². The van der Waals surface area contributed by atoms with Gasteiger partial charge >= 0.3 is 0 Å². The molecule has 1 fully saturated rings. The van der Waals surface area contributed by atoms with E-state index in [9.17, 15) is 4.79 Å². The SMILES string of the molecule is COc1cccc(-c2nc3ccc(C(=O)NC[C@@H]4CCCCO4)cc3o2)c1. The Balaban J connectivity index is 1.50. The molecule has 1 aliphatic heterocycles. The summed E-state index contributed by atoms with van der Waals surface area (Å²) in [6.45, 7) is 1.31. The maximum atomic E-state index is 12.4. The van der Waals surface area contributed by atoms with Gasteiger partial charge in [0, 0.05) is 24.3 Å². The molecule has 1 amide bonds. The van der Waals surface area contributed by atoms with Gasteiger partial charge in [0.15, 0.2) is 5.58 Å². The van der Waals surface area contributed by atoms with Crippen LogP contribution in [-0.4, -0.2) is 37.3 Å². The average molecular weight is 366 g/mol. The van der Waals surface area contributed by atoms with Crippen molar-refractivity contribution in [2.24, 2.45) is 0 Å². The number of benzene rings is 2. The van der Waals surface area contributed by atoms with Crippen LogP contribution in [0.25, 0.3) is 22.6 Å². The van der Waals surface area contributed by atoms with Crippen molar-refractivity contribution in [1.29, 1.82) is 0 Å². The molecule has 0 radical (unpaired) electrons. The van der Waals surface area contributed by atoms with Crippen molar-refractivity contribution in [1.82, 2.24) is 10.3 Å². The van der Waals surface area contributed by atoms with Gasteiger partial charge in [0.1, 0.15) is 11.3 Å². The molecule has 6 heteroatoms. The second-order valence-corrected chi connectivity index (χ2v) is 6.63. The van der Waals surface area contributed by atoms with Crippen molar-refractivity contribution in [2.45, 2.75) is 25.4 Å². The molecule has 6 nitrogen and oxygen atoms in total. The lowest BCUT2D eigenvalue weighted by Gasteiger charge is -2.22. The van der Waals surface area contributed by atoms with E-state index < -0.39 is 0 Å². The predicted molar refractivity (Wildman–Crippen MR) is 102 cm³/mol. The van der Waals surface area contributed by atoms with Crippen molar-refractivity contribution < 1.29 is 18.7 Å². The van der Waals surface area contributed by atoms with Gasteiger partial charge in [-0.15, -0.1) is 0 Å². The van der Waals surface area contributed by atoms with Gasteiger partial charge in [-0.05, 0) is 55.7 Å². The fourth-order valence-corrected chi connectivity index (χ4v) is 3.22. The first-order valence-corrected chi connectivity index (χ1v) is 9.18. The minimum atomic E-state index is -0.134. The third-order valence-corrected chi connectivity index (χ3v) is 4.73. The quantitative estimate of drug-likeness (QED) is 0.743. The first-order chi connectivity index (χ1) is 13.2. The number of hydrogen-bond acceptors (Lipinski definition) is 5. The molecule has 0 bridgehead atoms. The number of oxazole rings is 1. The third-order valence-electron chi connectivity index (χ3n) is 4.73. The van der Waals surface area contributed by atoms with Gasteiger partial charge in [0.05, 0.1) is 13.2 Å². The van der Waals surface area contributed by atoms with Crippen LogP contribution in [0.4, 0.5) is 0 Å². The van der Waals surface area contributed by atoms with E-state index in [-0.39, 0.29) is 12.0 Å². The summed E-state index contributed by atoms with van der Waals surface area (Å²) in [6, 6.07) is 12.8. The van der Waals surface area contributed by atoms with E-state index >= 15 is 0 Å². The number of ether oxygens (including phenoxy) is 2. The molecule has 1 aromatic heterocycles. The van der Waals surface area contributed by atoms with Crippen LogP contribution in [0.15, 0.2) is 46.9 Å². The molecule has 2 heterocycles.